The normalized spacial score (nSPS) is 14.0. The molecule has 1 aromatic heterocycles. The van der Waals surface area contributed by atoms with Crippen LogP contribution in [0.25, 0.3) is 11.3 Å². The van der Waals surface area contributed by atoms with Crippen LogP contribution in [0.3, 0.4) is 0 Å². The number of methoxy groups -OCH3 is 3. The van der Waals surface area contributed by atoms with E-state index in [-0.39, 0.29) is 11.7 Å². The highest BCUT2D eigenvalue weighted by molar-refractivity contribution is 5.95. The summed E-state index contributed by atoms with van der Waals surface area (Å²) in [6.45, 7) is 2.50. The Hall–Kier alpha value is -3.52. The molecule has 0 aliphatic carbocycles. The summed E-state index contributed by atoms with van der Waals surface area (Å²) in [4.78, 5) is 15.1. The molecule has 1 aliphatic heterocycles. The molecule has 8 nitrogen and oxygen atoms in total. The molecule has 3 aromatic rings. The molecule has 0 radical (unpaired) electrons. The minimum absolute atomic E-state index is 0.0507. The lowest BCUT2D eigenvalue weighted by Crippen LogP contribution is -2.36. The number of hydrogen-bond acceptors (Lipinski definition) is 7. The molecular formula is C24H26N2O6. The number of hydrogen-bond donors (Lipinski definition) is 1. The molecule has 0 saturated heterocycles. The first-order valence-electron chi connectivity index (χ1n) is 10.3. The second-order valence-corrected chi connectivity index (χ2v) is 7.63. The maximum atomic E-state index is 13.4. The first kappa shape index (κ1) is 21.7. The van der Waals surface area contributed by atoms with Gasteiger partial charge in [0.25, 0.3) is 5.91 Å². The van der Waals surface area contributed by atoms with Crippen molar-refractivity contribution in [1.29, 1.82) is 0 Å². The summed E-state index contributed by atoms with van der Waals surface area (Å²) in [5.41, 5.74) is 3.63. The average Bonchev–Trinajstić information content (AvgIpc) is 3.27. The summed E-state index contributed by atoms with van der Waals surface area (Å²) >= 11 is 0. The largest absolute Gasteiger partial charge is 0.497 e. The van der Waals surface area contributed by atoms with Crippen molar-refractivity contribution in [3.63, 3.8) is 0 Å². The highest BCUT2D eigenvalue weighted by atomic mass is 16.5. The van der Waals surface area contributed by atoms with Gasteiger partial charge in [0.1, 0.15) is 11.4 Å². The number of aromatic nitrogens is 1. The van der Waals surface area contributed by atoms with Crippen LogP contribution in [0, 0.1) is 0 Å². The number of rotatable bonds is 6. The quantitative estimate of drug-likeness (QED) is 0.628. The van der Waals surface area contributed by atoms with Crippen LogP contribution < -0.4 is 14.2 Å². The molecule has 1 N–H and O–H groups in total. The third-order valence-electron chi connectivity index (χ3n) is 5.71. The van der Waals surface area contributed by atoms with Gasteiger partial charge in [-0.15, -0.1) is 0 Å². The monoisotopic (exact) mass is 438 g/mol. The van der Waals surface area contributed by atoms with Crippen molar-refractivity contribution >= 4 is 5.91 Å². The second kappa shape index (κ2) is 8.92. The molecule has 8 heteroatoms. The molecule has 168 valence electrons. The van der Waals surface area contributed by atoms with Crippen LogP contribution in [-0.4, -0.2) is 48.9 Å². The van der Waals surface area contributed by atoms with Gasteiger partial charge in [-0.3, -0.25) is 4.79 Å². The van der Waals surface area contributed by atoms with Crippen molar-refractivity contribution in [3.05, 3.63) is 58.8 Å². The Kier molecular flexibility index (Phi) is 6.05. The van der Waals surface area contributed by atoms with Gasteiger partial charge in [0.2, 0.25) is 5.76 Å². The SMILES string of the molecule is COc1ccc(-c2noc(C(=O)N3CCc4cc(OC)c(OC)cc4C3)c2[C@H](C)O)cc1. The molecule has 32 heavy (non-hydrogen) atoms. The first-order chi connectivity index (χ1) is 15.5. The fourth-order valence-electron chi connectivity index (χ4n) is 4.00. The van der Waals surface area contributed by atoms with Gasteiger partial charge >= 0.3 is 0 Å². The molecule has 0 fully saturated rings. The van der Waals surface area contributed by atoms with Crippen molar-refractivity contribution in [3.8, 4) is 28.5 Å². The van der Waals surface area contributed by atoms with Gasteiger partial charge in [-0.2, -0.15) is 0 Å². The van der Waals surface area contributed by atoms with Crippen molar-refractivity contribution < 1.29 is 28.6 Å². The van der Waals surface area contributed by atoms with Gasteiger partial charge in [-0.05, 0) is 60.9 Å². The number of benzene rings is 2. The molecule has 0 spiro atoms. The van der Waals surface area contributed by atoms with Crippen LogP contribution in [0.5, 0.6) is 17.2 Å². The van der Waals surface area contributed by atoms with Crippen molar-refractivity contribution in [2.45, 2.75) is 26.0 Å². The Morgan fingerprint density at radius 3 is 2.31 bits per heavy atom. The summed E-state index contributed by atoms with van der Waals surface area (Å²) in [5.74, 6) is 1.72. The topological polar surface area (TPSA) is 94.3 Å². The molecule has 0 unspecified atom stereocenters. The maximum Gasteiger partial charge on any atom is 0.293 e. The minimum Gasteiger partial charge on any atom is -0.497 e. The molecular weight excluding hydrogens is 412 g/mol. The van der Waals surface area contributed by atoms with E-state index in [1.165, 1.54) is 0 Å². The van der Waals surface area contributed by atoms with Crippen LogP contribution in [0.15, 0.2) is 40.9 Å². The molecule has 0 bridgehead atoms. The van der Waals surface area contributed by atoms with Crippen LogP contribution in [-0.2, 0) is 13.0 Å². The van der Waals surface area contributed by atoms with Gasteiger partial charge in [-0.1, -0.05) is 5.16 Å². The van der Waals surface area contributed by atoms with Crippen molar-refractivity contribution in [2.75, 3.05) is 27.9 Å². The summed E-state index contributed by atoms with van der Waals surface area (Å²) in [6.07, 6.45) is -0.260. The predicted molar refractivity (Wildman–Crippen MR) is 117 cm³/mol. The first-order valence-corrected chi connectivity index (χ1v) is 10.3. The Morgan fingerprint density at radius 2 is 1.72 bits per heavy atom. The lowest BCUT2D eigenvalue weighted by atomic mass is 9.97. The van der Waals surface area contributed by atoms with E-state index >= 15 is 0 Å². The molecule has 2 aromatic carbocycles. The standard InChI is InChI=1S/C24H26N2O6/c1-14(27)21-22(15-5-7-18(29-2)8-6-15)25-32-23(21)24(28)26-10-9-16-11-19(30-3)20(31-4)12-17(16)13-26/h5-8,11-12,14,27H,9-10,13H2,1-4H3/t14-/m0/s1. The maximum absolute atomic E-state index is 13.4. The second-order valence-electron chi connectivity index (χ2n) is 7.63. The lowest BCUT2D eigenvalue weighted by Gasteiger charge is -2.29. The number of aliphatic hydroxyl groups is 1. The number of carbonyl (C=O) groups is 1. The average molecular weight is 438 g/mol. The lowest BCUT2D eigenvalue weighted by molar-refractivity contribution is 0.0684. The Balaban J connectivity index is 1.64. The summed E-state index contributed by atoms with van der Waals surface area (Å²) in [6, 6.07) is 11.1. The van der Waals surface area contributed by atoms with Crippen molar-refractivity contribution in [1.82, 2.24) is 10.1 Å². The molecule has 1 atom stereocenters. The van der Waals surface area contributed by atoms with E-state index in [9.17, 15) is 9.90 Å². The predicted octanol–water partition coefficient (Wildman–Crippen LogP) is 3.62. The molecule has 1 aliphatic rings. The molecule has 1 amide bonds. The van der Waals surface area contributed by atoms with Crippen LogP contribution in [0.1, 0.15) is 40.3 Å². The fraction of sp³-hybridized carbons (Fsp3) is 0.333. The molecule has 4 rings (SSSR count). The van der Waals surface area contributed by atoms with E-state index in [1.54, 1.807) is 45.3 Å². The highest BCUT2D eigenvalue weighted by Gasteiger charge is 2.31. The van der Waals surface area contributed by atoms with E-state index in [0.29, 0.717) is 48.0 Å². The molecule has 2 heterocycles. The number of ether oxygens (including phenoxy) is 3. The van der Waals surface area contributed by atoms with E-state index in [4.69, 9.17) is 18.7 Å². The number of fused-ring (bicyclic) bond motifs is 1. The van der Waals surface area contributed by atoms with Gasteiger partial charge in [-0.25, -0.2) is 0 Å². The van der Waals surface area contributed by atoms with Gasteiger partial charge in [0, 0.05) is 18.7 Å². The van der Waals surface area contributed by atoms with E-state index < -0.39 is 6.10 Å². The summed E-state index contributed by atoms with van der Waals surface area (Å²) < 4.78 is 21.5. The zero-order valence-electron chi connectivity index (χ0n) is 18.5. The third kappa shape index (κ3) is 3.89. The van der Waals surface area contributed by atoms with Crippen LogP contribution in [0.4, 0.5) is 0 Å². The van der Waals surface area contributed by atoms with Gasteiger partial charge in [0.15, 0.2) is 11.5 Å². The number of carbonyl (C=O) groups excluding carboxylic acids is 1. The fourth-order valence-corrected chi connectivity index (χ4v) is 4.00. The smallest absolute Gasteiger partial charge is 0.293 e. The van der Waals surface area contributed by atoms with Gasteiger partial charge < -0.3 is 28.7 Å². The minimum atomic E-state index is -0.932. The zero-order valence-corrected chi connectivity index (χ0v) is 18.5. The van der Waals surface area contributed by atoms with E-state index in [2.05, 4.69) is 5.16 Å². The van der Waals surface area contributed by atoms with E-state index in [1.807, 2.05) is 24.3 Å². The van der Waals surface area contributed by atoms with Gasteiger partial charge in [0.05, 0.1) is 33.0 Å². The Bertz CT molecular complexity index is 1120. The number of nitrogens with zero attached hydrogens (tertiary/aromatic N) is 2. The number of amides is 1. The van der Waals surface area contributed by atoms with Crippen LogP contribution >= 0.6 is 0 Å². The number of aliphatic hydroxyl groups excluding tert-OH is 1. The Morgan fingerprint density at radius 1 is 1.06 bits per heavy atom. The highest BCUT2D eigenvalue weighted by Crippen LogP contribution is 2.35. The summed E-state index contributed by atoms with van der Waals surface area (Å²) in [7, 11) is 4.77. The molecule has 0 saturated carbocycles. The Labute approximate surface area is 186 Å². The third-order valence-corrected chi connectivity index (χ3v) is 5.71. The van der Waals surface area contributed by atoms with Crippen molar-refractivity contribution in [2.24, 2.45) is 0 Å². The zero-order chi connectivity index (χ0) is 22.8. The van der Waals surface area contributed by atoms with E-state index in [0.717, 1.165) is 16.7 Å². The summed E-state index contributed by atoms with van der Waals surface area (Å²) in [5, 5.41) is 14.6. The van der Waals surface area contributed by atoms with Crippen LogP contribution in [0.2, 0.25) is 0 Å².